The SMILES string of the molecule is COc1cc(/C=C\c2ccc(OC)c(OP(=O)([O-])[O-])c2OC)cc(OC)c1OC.[Na+].[Na+]. The minimum atomic E-state index is -5.33. The van der Waals surface area contributed by atoms with Gasteiger partial charge in [-0.25, -0.2) is 0 Å². The first kappa shape index (κ1) is 30.1. The van der Waals surface area contributed by atoms with Crippen LogP contribution in [0.15, 0.2) is 24.3 Å². The fourth-order valence-electron chi connectivity index (χ4n) is 2.64. The van der Waals surface area contributed by atoms with E-state index in [0.29, 0.717) is 28.4 Å². The van der Waals surface area contributed by atoms with Crippen molar-refractivity contribution in [3.63, 3.8) is 0 Å². The first-order valence-electron chi connectivity index (χ1n) is 8.22. The Balaban J connectivity index is 0.00000450. The average Bonchev–Trinajstić information content (AvgIpc) is 2.70. The van der Waals surface area contributed by atoms with Crippen LogP contribution in [0.2, 0.25) is 0 Å². The molecule has 9 nitrogen and oxygen atoms in total. The molecule has 0 saturated heterocycles. The molecule has 31 heavy (non-hydrogen) atoms. The van der Waals surface area contributed by atoms with E-state index in [-0.39, 0.29) is 76.4 Å². The Hall–Kier alpha value is -0.870. The molecular weight excluding hydrogens is 449 g/mol. The predicted molar refractivity (Wildman–Crippen MR) is 103 cm³/mol. The fourth-order valence-corrected chi connectivity index (χ4v) is 3.04. The molecule has 0 saturated carbocycles. The summed E-state index contributed by atoms with van der Waals surface area (Å²) >= 11 is 0. The number of methoxy groups -OCH3 is 5. The molecule has 158 valence electrons. The van der Waals surface area contributed by atoms with E-state index in [1.165, 1.54) is 41.6 Å². The summed E-state index contributed by atoms with van der Waals surface area (Å²) in [5.41, 5.74) is 1.16. The number of phosphoric ester groups is 1. The molecule has 0 fully saturated rings. The van der Waals surface area contributed by atoms with E-state index in [1.54, 1.807) is 30.4 Å². The van der Waals surface area contributed by atoms with Crippen LogP contribution in [0.1, 0.15) is 11.1 Å². The molecular formula is C19H21Na2O9P. The summed E-state index contributed by atoms with van der Waals surface area (Å²) in [5, 5.41) is 0. The molecule has 0 heterocycles. The zero-order chi connectivity index (χ0) is 21.6. The van der Waals surface area contributed by atoms with E-state index >= 15 is 0 Å². The first-order valence-corrected chi connectivity index (χ1v) is 9.68. The predicted octanol–water partition coefficient (Wildman–Crippen LogP) is -3.88. The molecule has 0 aliphatic rings. The van der Waals surface area contributed by atoms with Crippen LogP contribution in [0.3, 0.4) is 0 Å². The van der Waals surface area contributed by atoms with Gasteiger partial charge in [-0.3, -0.25) is 0 Å². The van der Waals surface area contributed by atoms with Crippen LogP contribution in [0.25, 0.3) is 12.2 Å². The molecule has 0 atom stereocenters. The third kappa shape index (κ3) is 7.89. The molecule has 12 heteroatoms. The van der Waals surface area contributed by atoms with Crippen molar-refractivity contribution in [2.24, 2.45) is 0 Å². The van der Waals surface area contributed by atoms with E-state index in [9.17, 15) is 14.4 Å². The van der Waals surface area contributed by atoms with Gasteiger partial charge in [-0.05, 0) is 29.8 Å². The largest absolute Gasteiger partial charge is 1.00 e. The third-order valence-corrected chi connectivity index (χ3v) is 4.28. The van der Waals surface area contributed by atoms with Gasteiger partial charge in [0, 0.05) is 5.56 Å². The summed E-state index contributed by atoms with van der Waals surface area (Å²) in [6.45, 7) is 0. The van der Waals surface area contributed by atoms with Crippen LogP contribution in [0.4, 0.5) is 0 Å². The van der Waals surface area contributed by atoms with Crippen molar-refractivity contribution >= 4 is 20.0 Å². The molecule has 2 aromatic rings. The monoisotopic (exact) mass is 470 g/mol. The Kier molecular flexibility index (Phi) is 13.2. The second-order valence-electron chi connectivity index (χ2n) is 5.55. The number of phosphoric acid groups is 1. The van der Waals surface area contributed by atoms with Crippen LogP contribution in [-0.4, -0.2) is 35.5 Å². The zero-order valence-corrected chi connectivity index (χ0v) is 23.5. The van der Waals surface area contributed by atoms with Crippen molar-refractivity contribution in [3.05, 3.63) is 35.4 Å². The van der Waals surface area contributed by atoms with Crippen molar-refractivity contribution in [1.29, 1.82) is 0 Å². The Labute approximate surface area is 225 Å². The summed E-state index contributed by atoms with van der Waals surface area (Å²) in [4.78, 5) is 22.2. The maximum atomic E-state index is 11.1. The van der Waals surface area contributed by atoms with Crippen LogP contribution in [0.5, 0.6) is 34.5 Å². The molecule has 2 rings (SSSR count). The molecule has 0 aromatic heterocycles. The second kappa shape index (κ2) is 13.6. The van der Waals surface area contributed by atoms with Crippen LogP contribution in [0, 0.1) is 0 Å². The second-order valence-corrected chi connectivity index (χ2v) is 6.63. The Morgan fingerprint density at radius 2 is 1.23 bits per heavy atom. The standard InChI is InChI=1S/C19H23O9P.2Na/c1-23-14-9-8-13(17(26-4)19(14)28-29(20,21)22)7-6-12-10-15(24-2)18(27-5)16(11-12)25-3;;/h6-11H,1-5H3,(H2,20,21,22);;/q;2*+1/p-2/b7-6-;;. The maximum absolute atomic E-state index is 11.1. The van der Waals surface area contributed by atoms with Crippen LogP contribution < -0.4 is 97.1 Å². The van der Waals surface area contributed by atoms with E-state index in [0.717, 1.165) is 0 Å². The quantitative estimate of drug-likeness (QED) is 0.206. The van der Waals surface area contributed by atoms with Crippen molar-refractivity contribution in [3.8, 4) is 34.5 Å². The normalized spacial score (nSPS) is 10.5. The van der Waals surface area contributed by atoms with Gasteiger partial charge >= 0.3 is 59.1 Å². The Bertz CT molecular complexity index is 919. The van der Waals surface area contributed by atoms with Crippen molar-refractivity contribution in [2.45, 2.75) is 0 Å². The number of ether oxygens (including phenoxy) is 5. The van der Waals surface area contributed by atoms with Gasteiger partial charge in [0.1, 0.15) is 7.82 Å². The van der Waals surface area contributed by atoms with Crippen molar-refractivity contribution in [2.75, 3.05) is 35.5 Å². The average molecular weight is 470 g/mol. The summed E-state index contributed by atoms with van der Waals surface area (Å²) in [6.07, 6.45) is 3.36. The van der Waals surface area contributed by atoms with E-state index in [4.69, 9.17) is 23.7 Å². The first-order chi connectivity index (χ1) is 13.8. The molecule has 0 spiro atoms. The molecule has 0 N–H and O–H groups in total. The fraction of sp³-hybridized carbons (Fsp3) is 0.263. The minimum Gasteiger partial charge on any atom is -0.780 e. The van der Waals surface area contributed by atoms with Gasteiger partial charge in [-0.2, -0.15) is 0 Å². The van der Waals surface area contributed by atoms with E-state index < -0.39 is 7.82 Å². The minimum absolute atomic E-state index is 0. The number of benzene rings is 2. The van der Waals surface area contributed by atoms with Crippen LogP contribution in [-0.2, 0) is 4.57 Å². The topological polar surface area (TPSA) is 119 Å². The molecule has 0 amide bonds. The van der Waals surface area contributed by atoms with Crippen molar-refractivity contribution < 1.29 is 102 Å². The number of hydrogen-bond donors (Lipinski definition) is 0. The number of hydrogen-bond acceptors (Lipinski definition) is 9. The van der Waals surface area contributed by atoms with Gasteiger partial charge in [-0.1, -0.05) is 12.2 Å². The molecule has 0 radical (unpaired) electrons. The summed E-state index contributed by atoms with van der Waals surface area (Å²) in [7, 11) is 1.82. The van der Waals surface area contributed by atoms with Gasteiger partial charge in [0.25, 0.3) is 0 Å². The van der Waals surface area contributed by atoms with Crippen LogP contribution >= 0.6 is 7.82 Å². The maximum Gasteiger partial charge on any atom is 1.00 e. The Morgan fingerprint density at radius 3 is 1.65 bits per heavy atom. The molecule has 0 bridgehead atoms. The summed E-state index contributed by atoms with van der Waals surface area (Å²) < 4.78 is 41.9. The molecule has 0 aliphatic heterocycles. The van der Waals surface area contributed by atoms with E-state index in [2.05, 4.69) is 4.52 Å². The molecule has 0 unspecified atom stereocenters. The number of rotatable bonds is 9. The van der Waals surface area contributed by atoms with Gasteiger partial charge in [0.2, 0.25) is 11.5 Å². The summed E-state index contributed by atoms with van der Waals surface area (Å²) in [5.74, 6) is 1.13. The third-order valence-electron chi connectivity index (χ3n) is 3.88. The Morgan fingerprint density at radius 1 is 0.710 bits per heavy atom. The van der Waals surface area contributed by atoms with Gasteiger partial charge in [-0.15, -0.1) is 0 Å². The smallest absolute Gasteiger partial charge is 0.780 e. The zero-order valence-electron chi connectivity index (χ0n) is 18.6. The van der Waals surface area contributed by atoms with Gasteiger partial charge in [0.15, 0.2) is 23.0 Å². The van der Waals surface area contributed by atoms with Gasteiger partial charge in [0.05, 0.1) is 35.5 Å². The summed E-state index contributed by atoms with van der Waals surface area (Å²) in [6, 6.07) is 6.55. The van der Waals surface area contributed by atoms with E-state index in [1.807, 2.05) is 0 Å². The van der Waals surface area contributed by atoms with Gasteiger partial charge < -0.3 is 42.6 Å². The molecule has 2 aromatic carbocycles. The molecule has 0 aliphatic carbocycles. The van der Waals surface area contributed by atoms with Crippen molar-refractivity contribution in [1.82, 2.24) is 0 Å².